The van der Waals surface area contributed by atoms with Gasteiger partial charge in [0.15, 0.2) is 5.76 Å². The van der Waals surface area contributed by atoms with Crippen molar-refractivity contribution >= 4 is 11.8 Å². The third-order valence-corrected chi connectivity index (χ3v) is 5.85. The van der Waals surface area contributed by atoms with Crippen molar-refractivity contribution < 1.29 is 18.7 Å². The SMILES string of the molecule is COc1cccc(C2CN(C(=O)c3ccco3)CC2C(=O)N2CCCCC2)c1. The van der Waals surface area contributed by atoms with Crippen molar-refractivity contribution in [3.8, 4) is 5.75 Å². The number of hydrogen-bond acceptors (Lipinski definition) is 4. The number of carbonyl (C=O) groups excluding carboxylic acids is 2. The van der Waals surface area contributed by atoms with Crippen LogP contribution in [0.3, 0.4) is 0 Å². The van der Waals surface area contributed by atoms with Crippen LogP contribution in [0.15, 0.2) is 47.1 Å². The predicted molar refractivity (Wildman–Crippen MR) is 104 cm³/mol. The van der Waals surface area contributed by atoms with Gasteiger partial charge in [0.25, 0.3) is 5.91 Å². The van der Waals surface area contributed by atoms with Gasteiger partial charge in [-0.25, -0.2) is 0 Å². The molecule has 3 heterocycles. The van der Waals surface area contributed by atoms with E-state index in [1.807, 2.05) is 29.2 Å². The highest BCUT2D eigenvalue weighted by molar-refractivity contribution is 5.92. The molecular weight excluding hydrogens is 356 g/mol. The topological polar surface area (TPSA) is 63.0 Å². The zero-order valence-electron chi connectivity index (χ0n) is 16.2. The van der Waals surface area contributed by atoms with Gasteiger partial charge in [-0.2, -0.15) is 0 Å². The Morgan fingerprint density at radius 2 is 1.86 bits per heavy atom. The van der Waals surface area contributed by atoms with Crippen LogP contribution in [-0.4, -0.2) is 54.9 Å². The Hall–Kier alpha value is -2.76. The lowest BCUT2D eigenvalue weighted by Crippen LogP contribution is -2.42. The van der Waals surface area contributed by atoms with E-state index in [4.69, 9.17) is 9.15 Å². The second-order valence-corrected chi connectivity index (χ2v) is 7.56. The first-order valence-corrected chi connectivity index (χ1v) is 9.93. The summed E-state index contributed by atoms with van der Waals surface area (Å²) in [7, 11) is 1.64. The molecule has 2 amide bonds. The van der Waals surface area contributed by atoms with Crippen molar-refractivity contribution in [2.24, 2.45) is 5.92 Å². The number of ether oxygens (including phenoxy) is 1. The third-order valence-electron chi connectivity index (χ3n) is 5.85. The number of piperidine rings is 1. The van der Waals surface area contributed by atoms with E-state index < -0.39 is 0 Å². The molecule has 1 aromatic carbocycles. The van der Waals surface area contributed by atoms with Crippen LogP contribution < -0.4 is 4.74 Å². The molecule has 1 aromatic heterocycles. The number of likely N-dealkylation sites (tertiary alicyclic amines) is 2. The van der Waals surface area contributed by atoms with Crippen LogP contribution in [0, 0.1) is 5.92 Å². The molecular formula is C22H26N2O4. The lowest BCUT2D eigenvalue weighted by atomic mass is 9.87. The minimum atomic E-state index is -0.246. The summed E-state index contributed by atoms with van der Waals surface area (Å²) in [5.74, 6) is 0.773. The van der Waals surface area contributed by atoms with Gasteiger partial charge in [0.1, 0.15) is 5.75 Å². The zero-order chi connectivity index (χ0) is 19.5. The summed E-state index contributed by atoms with van der Waals surface area (Å²) < 4.78 is 10.7. The summed E-state index contributed by atoms with van der Waals surface area (Å²) in [6.07, 6.45) is 4.78. The van der Waals surface area contributed by atoms with Gasteiger partial charge in [-0.3, -0.25) is 9.59 Å². The molecule has 2 atom stereocenters. The number of hydrogen-bond donors (Lipinski definition) is 0. The van der Waals surface area contributed by atoms with Crippen LogP contribution in [0.5, 0.6) is 5.75 Å². The molecule has 6 heteroatoms. The smallest absolute Gasteiger partial charge is 0.289 e. The molecule has 6 nitrogen and oxygen atoms in total. The molecule has 148 valence electrons. The van der Waals surface area contributed by atoms with Crippen molar-refractivity contribution in [1.29, 1.82) is 0 Å². The van der Waals surface area contributed by atoms with Crippen molar-refractivity contribution in [2.75, 3.05) is 33.3 Å². The molecule has 0 aliphatic carbocycles. The largest absolute Gasteiger partial charge is 0.497 e. The van der Waals surface area contributed by atoms with E-state index in [9.17, 15) is 9.59 Å². The molecule has 28 heavy (non-hydrogen) atoms. The Bertz CT molecular complexity index is 827. The van der Waals surface area contributed by atoms with Crippen molar-refractivity contribution in [3.05, 3.63) is 54.0 Å². The van der Waals surface area contributed by atoms with Crippen LogP contribution in [0.2, 0.25) is 0 Å². The summed E-state index contributed by atoms with van der Waals surface area (Å²) in [4.78, 5) is 29.9. The number of nitrogens with zero attached hydrogens (tertiary/aromatic N) is 2. The Morgan fingerprint density at radius 1 is 1.04 bits per heavy atom. The number of benzene rings is 1. The fourth-order valence-electron chi connectivity index (χ4n) is 4.33. The molecule has 2 unspecified atom stereocenters. The van der Waals surface area contributed by atoms with Gasteiger partial charge < -0.3 is 19.0 Å². The highest BCUT2D eigenvalue weighted by Gasteiger charge is 2.42. The number of rotatable bonds is 4. The van der Waals surface area contributed by atoms with Gasteiger partial charge in [-0.1, -0.05) is 12.1 Å². The van der Waals surface area contributed by atoms with Crippen LogP contribution >= 0.6 is 0 Å². The second kappa shape index (κ2) is 8.09. The lowest BCUT2D eigenvalue weighted by molar-refractivity contribution is -0.136. The fourth-order valence-corrected chi connectivity index (χ4v) is 4.33. The summed E-state index contributed by atoms with van der Waals surface area (Å²) in [5.41, 5.74) is 1.03. The molecule has 2 aliphatic rings. The Kier molecular flexibility index (Phi) is 5.37. The van der Waals surface area contributed by atoms with Crippen LogP contribution in [0.25, 0.3) is 0 Å². The standard InChI is InChI=1S/C22H26N2O4/c1-27-17-8-5-7-16(13-17)18-14-24(22(26)20-9-6-12-28-20)15-19(18)21(25)23-10-3-2-4-11-23/h5-9,12-13,18-19H,2-4,10-11,14-15H2,1H3. The number of methoxy groups -OCH3 is 1. The first-order valence-electron chi connectivity index (χ1n) is 9.93. The van der Waals surface area contributed by atoms with Gasteiger partial charge in [-0.05, 0) is 49.1 Å². The van der Waals surface area contributed by atoms with E-state index in [0.717, 1.165) is 37.2 Å². The number of amides is 2. The first-order chi connectivity index (χ1) is 13.7. The Labute approximate surface area is 165 Å². The molecule has 0 N–H and O–H groups in total. The average Bonchev–Trinajstić information content (AvgIpc) is 3.44. The normalized spacial score (nSPS) is 22.3. The Morgan fingerprint density at radius 3 is 2.57 bits per heavy atom. The van der Waals surface area contributed by atoms with Crippen LogP contribution in [-0.2, 0) is 4.79 Å². The molecule has 0 saturated carbocycles. The quantitative estimate of drug-likeness (QED) is 0.815. The van der Waals surface area contributed by atoms with Crippen molar-refractivity contribution in [2.45, 2.75) is 25.2 Å². The highest BCUT2D eigenvalue weighted by Crippen LogP contribution is 2.36. The molecule has 0 radical (unpaired) electrons. The molecule has 2 aliphatic heterocycles. The maximum atomic E-state index is 13.3. The second-order valence-electron chi connectivity index (χ2n) is 7.56. The predicted octanol–water partition coefficient (Wildman–Crippen LogP) is 3.16. The van der Waals surface area contributed by atoms with E-state index in [2.05, 4.69) is 0 Å². The van der Waals surface area contributed by atoms with Gasteiger partial charge in [0.2, 0.25) is 5.91 Å². The van der Waals surface area contributed by atoms with Crippen molar-refractivity contribution in [3.63, 3.8) is 0 Å². The first kappa shape index (κ1) is 18.6. The van der Waals surface area contributed by atoms with E-state index in [1.165, 1.54) is 12.7 Å². The highest BCUT2D eigenvalue weighted by atomic mass is 16.5. The van der Waals surface area contributed by atoms with E-state index in [-0.39, 0.29) is 23.7 Å². The van der Waals surface area contributed by atoms with E-state index in [0.29, 0.717) is 18.8 Å². The molecule has 2 fully saturated rings. The molecule has 2 saturated heterocycles. The van der Waals surface area contributed by atoms with Crippen molar-refractivity contribution in [1.82, 2.24) is 9.80 Å². The molecule has 0 spiro atoms. The minimum Gasteiger partial charge on any atom is -0.497 e. The zero-order valence-corrected chi connectivity index (χ0v) is 16.2. The van der Waals surface area contributed by atoms with Crippen LogP contribution in [0.1, 0.15) is 41.3 Å². The Balaban J connectivity index is 1.61. The number of carbonyl (C=O) groups is 2. The fraction of sp³-hybridized carbons (Fsp3) is 0.455. The van der Waals surface area contributed by atoms with Gasteiger partial charge in [0, 0.05) is 32.1 Å². The van der Waals surface area contributed by atoms with Gasteiger partial charge in [0.05, 0.1) is 19.3 Å². The molecule has 2 aromatic rings. The minimum absolute atomic E-state index is 0.0524. The maximum absolute atomic E-state index is 13.3. The summed E-state index contributed by atoms with van der Waals surface area (Å²) in [6, 6.07) is 11.2. The van der Waals surface area contributed by atoms with E-state index >= 15 is 0 Å². The molecule has 4 rings (SSSR count). The average molecular weight is 382 g/mol. The van der Waals surface area contributed by atoms with E-state index in [1.54, 1.807) is 24.1 Å². The monoisotopic (exact) mass is 382 g/mol. The summed E-state index contributed by atoms with van der Waals surface area (Å²) in [5, 5.41) is 0. The molecule has 0 bridgehead atoms. The summed E-state index contributed by atoms with van der Waals surface area (Å²) >= 11 is 0. The maximum Gasteiger partial charge on any atom is 0.289 e. The summed E-state index contributed by atoms with van der Waals surface area (Å²) in [6.45, 7) is 2.53. The van der Waals surface area contributed by atoms with Gasteiger partial charge in [-0.15, -0.1) is 0 Å². The number of furan rings is 1. The van der Waals surface area contributed by atoms with Gasteiger partial charge >= 0.3 is 0 Å². The van der Waals surface area contributed by atoms with Crippen LogP contribution in [0.4, 0.5) is 0 Å². The lowest BCUT2D eigenvalue weighted by Gasteiger charge is -2.31. The third kappa shape index (κ3) is 3.63.